The molecule has 29 heavy (non-hydrogen) atoms. The number of imide groups is 1. The number of methoxy groups -OCH3 is 1. The molecule has 9 heteroatoms. The van der Waals surface area contributed by atoms with Gasteiger partial charge < -0.3 is 4.74 Å². The van der Waals surface area contributed by atoms with Gasteiger partial charge in [0.2, 0.25) is 11.8 Å². The first-order valence-corrected chi connectivity index (χ1v) is 9.20. The van der Waals surface area contributed by atoms with E-state index in [9.17, 15) is 14.4 Å². The summed E-state index contributed by atoms with van der Waals surface area (Å²) < 4.78 is 5.69. The number of nitrogens with zero attached hydrogens (tertiary/aromatic N) is 3. The van der Waals surface area contributed by atoms with Crippen LogP contribution >= 0.6 is 0 Å². The second-order valence-corrected chi connectivity index (χ2v) is 7.05. The van der Waals surface area contributed by atoms with E-state index in [1.54, 1.807) is 37.8 Å². The van der Waals surface area contributed by atoms with Crippen LogP contribution in [0.25, 0.3) is 10.8 Å². The Labute approximate surface area is 165 Å². The van der Waals surface area contributed by atoms with Crippen LogP contribution in [-0.2, 0) is 14.3 Å². The second-order valence-electron chi connectivity index (χ2n) is 7.05. The number of anilines is 1. The molecule has 4 heterocycles. The van der Waals surface area contributed by atoms with Crippen molar-refractivity contribution in [2.24, 2.45) is 0 Å². The predicted octanol–water partition coefficient (Wildman–Crippen LogP) is 1.46. The zero-order valence-electron chi connectivity index (χ0n) is 15.5. The molecule has 146 valence electrons. The fourth-order valence-electron chi connectivity index (χ4n) is 4.16. The molecule has 3 aromatic rings. The van der Waals surface area contributed by atoms with Crippen LogP contribution in [0.15, 0.2) is 36.8 Å². The van der Waals surface area contributed by atoms with Crippen LogP contribution in [-0.4, -0.2) is 46.1 Å². The summed E-state index contributed by atoms with van der Waals surface area (Å²) in [7, 11) is 1.60. The molecule has 0 saturated carbocycles. The highest BCUT2D eigenvalue weighted by molar-refractivity contribution is 6.26. The Kier molecular flexibility index (Phi) is 3.92. The predicted molar refractivity (Wildman–Crippen MR) is 102 cm³/mol. The fourth-order valence-corrected chi connectivity index (χ4v) is 4.16. The lowest BCUT2D eigenvalue weighted by Crippen LogP contribution is -2.53. The normalized spacial score (nSPS) is 19.7. The molecule has 2 aliphatic rings. The molecule has 1 saturated heterocycles. The minimum atomic E-state index is -0.763. The number of nitrogens with one attached hydrogen (secondary N) is 2. The molecule has 9 nitrogen and oxygen atoms in total. The van der Waals surface area contributed by atoms with Gasteiger partial charge in [0, 0.05) is 42.4 Å². The SMILES string of the molecule is COC(c1cn[nH]c1)c1cnc2c3c(cccc13)C(=O)N2C1CCC(=O)NC1=O. The monoisotopic (exact) mass is 391 g/mol. The first-order valence-electron chi connectivity index (χ1n) is 9.20. The molecule has 2 N–H and O–H groups in total. The largest absolute Gasteiger partial charge is 0.372 e. The van der Waals surface area contributed by atoms with E-state index in [1.165, 1.54) is 4.90 Å². The summed E-state index contributed by atoms with van der Waals surface area (Å²) in [5.41, 5.74) is 2.12. The van der Waals surface area contributed by atoms with Crippen molar-refractivity contribution >= 4 is 34.3 Å². The maximum atomic E-state index is 13.2. The highest BCUT2D eigenvalue weighted by Gasteiger charge is 2.42. The number of ether oxygens (including phenoxy) is 1. The second kappa shape index (κ2) is 6.49. The van der Waals surface area contributed by atoms with E-state index in [0.717, 1.165) is 16.5 Å². The van der Waals surface area contributed by atoms with Gasteiger partial charge in [-0.05, 0) is 17.9 Å². The summed E-state index contributed by atoms with van der Waals surface area (Å²) in [6.45, 7) is 0. The number of carbonyl (C=O) groups is 3. The number of pyridine rings is 1. The Morgan fingerprint density at radius 2 is 2.10 bits per heavy atom. The number of benzene rings is 1. The van der Waals surface area contributed by atoms with Gasteiger partial charge in [0.1, 0.15) is 18.0 Å². The van der Waals surface area contributed by atoms with Crippen LogP contribution in [0.1, 0.15) is 40.4 Å². The first-order chi connectivity index (χ1) is 14.1. The molecule has 2 aliphatic heterocycles. The molecule has 0 aliphatic carbocycles. The van der Waals surface area contributed by atoms with Crippen molar-refractivity contribution in [1.82, 2.24) is 20.5 Å². The van der Waals surface area contributed by atoms with Gasteiger partial charge in [-0.25, -0.2) is 4.98 Å². The minimum absolute atomic E-state index is 0.185. The Hall–Kier alpha value is -3.59. The van der Waals surface area contributed by atoms with Crippen molar-refractivity contribution in [3.63, 3.8) is 0 Å². The van der Waals surface area contributed by atoms with Crippen LogP contribution < -0.4 is 10.2 Å². The summed E-state index contributed by atoms with van der Waals surface area (Å²) in [5, 5.41) is 10.6. The third-order valence-electron chi connectivity index (χ3n) is 5.46. The fraction of sp³-hybridized carbons (Fsp3) is 0.250. The molecule has 1 fully saturated rings. The molecular weight excluding hydrogens is 374 g/mol. The van der Waals surface area contributed by atoms with E-state index in [-0.39, 0.29) is 24.7 Å². The lowest BCUT2D eigenvalue weighted by Gasteiger charge is -2.29. The van der Waals surface area contributed by atoms with Gasteiger partial charge in [0.25, 0.3) is 5.91 Å². The number of aromatic amines is 1. The van der Waals surface area contributed by atoms with E-state index in [1.807, 2.05) is 6.07 Å². The average Bonchev–Trinajstić information content (AvgIpc) is 3.33. The quantitative estimate of drug-likeness (QED) is 0.650. The number of aromatic nitrogens is 3. The number of amides is 3. The maximum absolute atomic E-state index is 13.2. The Balaban J connectivity index is 1.66. The van der Waals surface area contributed by atoms with Crippen molar-refractivity contribution in [2.75, 3.05) is 12.0 Å². The van der Waals surface area contributed by atoms with Gasteiger partial charge in [-0.2, -0.15) is 5.10 Å². The highest BCUT2D eigenvalue weighted by Crippen LogP contribution is 2.41. The molecule has 3 amide bonds. The molecule has 2 atom stereocenters. The molecular formula is C20H17N5O4. The van der Waals surface area contributed by atoms with Crippen LogP contribution in [0.4, 0.5) is 5.82 Å². The van der Waals surface area contributed by atoms with E-state index < -0.39 is 18.1 Å². The van der Waals surface area contributed by atoms with Crippen LogP contribution in [0.2, 0.25) is 0 Å². The van der Waals surface area contributed by atoms with Crippen LogP contribution in [0.5, 0.6) is 0 Å². The van der Waals surface area contributed by atoms with Gasteiger partial charge in [-0.1, -0.05) is 12.1 Å². The summed E-state index contributed by atoms with van der Waals surface area (Å²) in [5.74, 6) is -0.663. The van der Waals surface area contributed by atoms with Crippen molar-refractivity contribution in [1.29, 1.82) is 0 Å². The number of piperidine rings is 1. The van der Waals surface area contributed by atoms with Crippen molar-refractivity contribution in [3.05, 3.63) is 53.5 Å². The zero-order valence-corrected chi connectivity index (χ0v) is 15.5. The molecule has 5 rings (SSSR count). The van der Waals surface area contributed by atoms with Crippen molar-refractivity contribution in [3.8, 4) is 0 Å². The number of hydrogen-bond acceptors (Lipinski definition) is 6. The lowest BCUT2D eigenvalue weighted by molar-refractivity contribution is -0.134. The van der Waals surface area contributed by atoms with Crippen molar-refractivity contribution < 1.29 is 19.1 Å². The Morgan fingerprint density at radius 1 is 1.24 bits per heavy atom. The standard InChI is InChI=1S/C20H17N5O4/c1-29-17(10-7-22-23-8-10)13-9-21-18-16-11(13)3-2-4-12(16)20(28)25(18)14-5-6-15(26)24-19(14)27/h2-4,7-9,14,17H,5-6H2,1H3,(H,22,23)(H,24,26,27). The van der Waals surface area contributed by atoms with E-state index in [0.29, 0.717) is 16.8 Å². The number of hydrogen-bond donors (Lipinski definition) is 2. The summed E-state index contributed by atoms with van der Waals surface area (Å²) in [6, 6.07) is 4.68. The van der Waals surface area contributed by atoms with E-state index >= 15 is 0 Å². The summed E-state index contributed by atoms with van der Waals surface area (Å²) in [6.07, 6.45) is 5.14. The number of carbonyl (C=O) groups excluding carboxylic acids is 3. The van der Waals surface area contributed by atoms with Gasteiger partial charge in [0.15, 0.2) is 0 Å². The molecule has 2 aromatic heterocycles. The molecule has 2 unspecified atom stereocenters. The van der Waals surface area contributed by atoms with E-state index in [2.05, 4.69) is 20.5 Å². The minimum Gasteiger partial charge on any atom is -0.372 e. The lowest BCUT2D eigenvalue weighted by atomic mass is 9.98. The van der Waals surface area contributed by atoms with Gasteiger partial charge in [-0.3, -0.25) is 29.7 Å². The smallest absolute Gasteiger partial charge is 0.260 e. The number of rotatable bonds is 4. The Morgan fingerprint density at radius 3 is 2.83 bits per heavy atom. The molecule has 0 spiro atoms. The summed E-state index contributed by atoms with van der Waals surface area (Å²) in [4.78, 5) is 43.0. The molecule has 0 radical (unpaired) electrons. The molecule has 1 aromatic carbocycles. The zero-order chi connectivity index (χ0) is 20.1. The Bertz CT molecular complexity index is 1160. The topological polar surface area (TPSA) is 117 Å². The van der Waals surface area contributed by atoms with E-state index in [4.69, 9.17) is 4.74 Å². The van der Waals surface area contributed by atoms with Crippen LogP contribution in [0.3, 0.4) is 0 Å². The number of H-pyrrole nitrogens is 1. The third kappa shape index (κ3) is 2.54. The average molecular weight is 391 g/mol. The van der Waals surface area contributed by atoms with Gasteiger partial charge in [-0.15, -0.1) is 0 Å². The third-order valence-corrected chi connectivity index (χ3v) is 5.46. The highest BCUT2D eigenvalue weighted by atomic mass is 16.5. The summed E-state index contributed by atoms with van der Waals surface area (Å²) >= 11 is 0. The maximum Gasteiger partial charge on any atom is 0.260 e. The van der Waals surface area contributed by atoms with Crippen LogP contribution in [0, 0.1) is 0 Å². The van der Waals surface area contributed by atoms with Gasteiger partial charge >= 0.3 is 0 Å². The van der Waals surface area contributed by atoms with Crippen molar-refractivity contribution in [2.45, 2.75) is 25.0 Å². The molecule has 0 bridgehead atoms. The van der Waals surface area contributed by atoms with Gasteiger partial charge in [0.05, 0.1) is 11.8 Å². The first kappa shape index (κ1) is 17.5.